The number of nitrogens with one attached hydrogen (secondary N) is 1. The van der Waals surface area contributed by atoms with Crippen molar-refractivity contribution in [1.29, 1.82) is 0 Å². The summed E-state index contributed by atoms with van der Waals surface area (Å²) < 4.78 is 29.9. The van der Waals surface area contributed by atoms with Gasteiger partial charge in [0.2, 0.25) is 0 Å². The van der Waals surface area contributed by atoms with Crippen molar-refractivity contribution < 1.29 is 18.3 Å². The van der Waals surface area contributed by atoms with Gasteiger partial charge in [-0.25, -0.2) is 0 Å². The van der Waals surface area contributed by atoms with Crippen LogP contribution in [0.15, 0.2) is 24.3 Å². The molecule has 1 unspecified atom stereocenters. The van der Waals surface area contributed by atoms with E-state index in [0.29, 0.717) is 26.1 Å². The minimum absolute atomic E-state index is 0.354. The summed E-state index contributed by atoms with van der Waals surface area (Å²) in [5.74, 6) is 0.783. The summed E-state index contributed by atoms with van der Waals surface area (Å²) in [5.41, 5.74) is 0.876. The molecule has 0 aromatic heterocycles. The van der Waals surface area contributed by atoms with Gasteiger partial charge < -0.3 is 19.1 Å². The number of benzene rings is 1. The molecular weight excluding hydrogens is 313 g/mol. The van der Waals surface area contributed by atoms with Crippen LogP contribution in [0, 0.1) is 0 Å². The fraction of sp³-hybridized carbons (Fsp3) is 0.647. The summed E-state index contributed by atoms with van der Waals surface area (Å²) in [6.07, 6.45) is 2.22. The first-order chi connectivity index (χ1) is 11.0. The van der Waals surface area contributed by atoms with Gasteiger partial charge in [-0.15, -0.1) is 0 Å². The third-order valence-electron chi connectivity index (χ3n) is 3.84. The third-order valence-corrected chi connectivity index (χ3v) is 6.73. The average Bonchev–Trinajstić information content (AvgIpc) is 2.55. The maximum atomic E-state index is 13.5. The number of ether oxygens (including phenoxy) is 1. The fourth-order valence-corrected chi connectivity index (χ4v) is 5.11. The van der Waals surface area contributed by atoms with Gasteiger partial charge in [0.1, 0.15) is 11.0 Å². The molecule has 0 fully saturated rings. The molecule has 0 saturated carbocycles. The van der Waals surface area contributed by atoms with Crippen LogP contribution in [-0.4, -0.2) is 25.6 Å². The molecule has 23 heavy (non-hydrogen) atoms. The Morgan fingerprint density at radius 3 is 2.00 bits per heavy atom. The first-order valence-corrected chi connectivity index (χ1v) is 9.86. The molecule has 0 spiro atoms. The Hall–Kier alpha value is -1.03. The Labute approximate surface area is 140 Å². The number of anilines is 1. The van der Waals surface area contributed by atoms with Crippen molar-refractivity contribution in [3.05, 3.63) is 24.3 Å². The molecule has 0 saturated heterocycles. The van der Waals surface area contributed by atoms with Gasteiger partial charge >= 0.3 is 7.60 Å². The highest BCUT2D eigenvalue weighted by Crippen LogP contribution is 2.63. The van der Waals surface area contributed by atoms with Gasteiger partial charge in [-0.3, -0.25) is 4.57 Å². The van der Waals surface area contributed by atoms with Gasteiger partial charge in [-0.1, -0.05) is 20.3 Å². The fourth-order valence-electron chi connectivity index (χ4n) is 2.71. The maximum Gasteiger partial charge on any atom is 0.355 e. The second-order valence-electron chi connectivity index (χ2n) is 5.32. The molecule has 132 valence electrons. The second kappa shape index (κ2) is 9.31. The lowest BCUT2D eigenvalue weighted by Crippen LogP contribution is -2.39. The van der Waals surface area contributed by atoms with Crippen LogP contribution >= 0.6 is 7.60 Å². The molecule has 0 aliphatic carbocycles. The van der Waals surface area contributed by atoms with Crippen molar-refractivity contribution in [2.24, 2.45) is 0 Å². The zero-order valence-corrected chi connectivity index (χ0v) is 15.8. The van der Waals surface area contributed by atoms with Crippen LogP contribution in [0.5, 0.6) is 5.75 Å². The molecule has 1 rings (SSSR count). The molecule has 0 heterocycles. The molecule has 5 nitrogen and oxygen atoms in total. The Morgan fingerprint density at radius 2 is 1.61 bits per heavy atom. The van der Waals surface area contributed by atoms with Crippen molar-refractivity contribution >= 4 is 13.3 Å². The monoisotopic (exact) mass is 343 g/mol. The average molecular weight is 343 g/mol. The summed E-state index contributed by atoms with van der Waals surface area (Å²) >= 11 is 0. The van der Waals surface area contributed by atoms with E-state index in [9.17, 15) is 4.57 Å². The molecule has 0 aliphatic heterocycles. The van der Waals surface area contributed by atoms with E-state index in [-0.39, 0.29) is 0 Å². The third kappa shape index (κ3) is 4.72. The molecule has 0 bridgehead atoms. The quantitative estimate of drug-likeness (QED) is 0.554. The van der Waals surface area contributed by atoms with Crippen molar-refractivity contribution in [2.75, 3.05) is 25.6 Å². The van der Waals surface area contributed by atoms with E-state index < -0.39 is 12.9 Å². The largest absolute Gasteiger partial charge is 0.497 e. The van der Waals surface area contributed by atoms with Gasteiger partial charge in [0.15, 0.2) is 0 Å². The summed E-state index contributed by atoms with van der Waals surface area (Å²) in [6.45, 7) is 8.47. The number of hydrogen-bond donors (Lipinski definition) is 1. The smallest absolute Gasteiger partial charge is 0.355 e. The Bertz CT molecular complexity index is 496. The molecule has 1 aromatic rings. The molecular formula is C17H30NO4P. The Morgan fingerprint density at radius 1 is 1.04 bits per heavy atom. The lowest BCUT2D eigenvalue weighted by Gasteiger charge is -2.39. The first-order valence-electron chi connectivity index (χ1n) is 8.32. The predicted octanol–water partition coefficient (Wildman–Crippen LogP) is 5.28. The van der Waals surface area contributed by atoms with E-state index >= 15 is 0 Å². The van der Waals surface area contributed by atoms with Crippen LogP contribution in [0.3, 0.4) is 0 Å². The SMILES string of the molecule is CCCC(CC)(Nc1ccc(OC)cc1)P(=O)(OCC)OCC. The van der Waals surface area contributed by atoms with Crippen molar-refractivity contribution in [2.45, 2.75) is 52.2 Å². The molecule has 1 atom stereocenters. The van der Waals surface area contributed by atoms with E-state index in [0.717, 1.165) is 17.9 Å². The highest BCUT2D eigenvalue weighted by atomic mass is 31.2. The molecule has 6 heteroatoms. The minimum Gasteiger partial charge on any atom is -0.497 e. The topological polar surface area (TPSA) is 56.8 Å². The van der Waals surface area contributed by atoms with Gasteiger partial charge in [0.05, 0.1) is 20.3 Å². The predicted molar refractivity (Wildman–Crippen MR) is 95.4 cm³/mol. The van der Waals surface area contributed by atoms with E-state index in [1.54, 1.807) is 7.11 Å². The van der Waals surface area contributed by atoms with E-state index in [1.165, 1.54) is 0 Å². The van der Waals surface area contributed by atoms with Crippen LogP contribution in [0.4, 0.5) is 5.69 Å². The van der Waals surface area contributed by atoms with Gasteiger partial charge in [-0.2, -0.15) is 0 Å². The first kappa shape index (κ1) is 20.0. The number of rotatable bonds is 11. The zero-order valence-electron chi connectivity index (χ0n) is 14.9. The highest BCUT2D eigenvalue weighted by Gasteiger charge is 2.49. The standard InChI is InChI=1S/C17H30NO4P/c1-6-14-17(7-2,23(19,21-8-3)22-9-4)18-15-10-12-16(20-5)13-11-15/h10-13,18H,6-9,14H2,1-5H3. The van der Waals surface area contributed by atoms with E-state index in [4.69, 9.17) is 13.8 Å². The van der Waals surface area contributed by atoms with Crippen molar-refractivity contribution in [3.63, 3.8) is 0 Å². The van der Waals surface area contributed by atoms with Gasteiger partial charge in [0.25, 0.3) is 0 Å². The van der Waals surface area contributed by atoms with Gasteiger partial charge in [0, 0.05) is 5.69 Å². The zero-order chi connectivity index (χ0) is 17.3. The van der Waals surface area contributed by atoms with Crippen molar-refractivity contribution in [1.82, 2.24) is 0 Å². The second-order valence-corrected chi connectivity index (χ2v) is 7.69. The molecule has 0 aliphatic rings. The van der Waals surface area contributed by atoms with Crippen molar-refractivity contribution in [3.8, 4) is 5.75 Å². The lowest BCUT2D eigenvalue weighted by molar-refractivity contribution is 0.195. The van der Waals surface area contributed by atoms with Crippen LogP contribution in [0.25, 0.3) is 0 Å². The van der Waals surface area contributed by atoms with E-state index in [1.807, 2.05) is 45.0 Å². The molecule has 0 radical (unpaired) electrons. The van der Waals surface area contributed by atoms with Crippen LogP contribution in [0.2, 0.25) is 0 Å². The maximum absolute atomic E-state index is 13.5. The van der Waals surface area contributed by atoms with Gasteiger partial charge in [-0.05, 0) is 51.0 Å². The van der Waals surface area contributed by atoms with Crippen LogP contribution in [-0.2, 0) is 13.6 Å². The summed E-state index contributed by atoms with van der Waals surface area (Å²) in [6, 6.07) is 7.59. The molecule has 1 N–H and O–H groups in total. The Balaban J connectivity index is 3.19. The lowest BCUT2D eigenvalue weighted by atomic mass is 10.1. The highest BCUT2D eigenvalue weighted by molar-refractivity contribution is 7.55. The van der Waals surface area contributed by atoms with E-state index in [2.05, 4.69) is 12.2 Å². The summed E-state index contributed by atoms with van der Waals surface area (Å²) in [4.78, 5) is 0. The minimum atomic E-state index is -3.30. The number of hydrogen-bond acceptors (Lipinski definition) is 5. The summed E-state index contributed by atoms with van der Waals surface area (Å²) in [7, 11) is -1.67. The van der Waals surface area contributed by atoms with Crippen LogP contribution < -0.4 is 10.1 Å². The number of methoxy groups -OCH3 is 1. The molecule has 0 amide bonds. The Kier molecular flexibility index (Phi) is 8.10. The van der Waals surface area contributed by atoms with Crippen LogP contribution in [0.1, 0.15) is 47.0 Å². The molecule has 1 aromatic carbocycles. The normalized spacial score (nSPS) is 14.3. The summed E-state index contributed by atoms with van der Waals surface area (Å²) in [5, 5.41) is 2.70.